The van der Waals surface area contributed by atoms with E-state index in [1.54, 1.807) is 0 Å². The van der Waals surface area contributed by atoms with Crippen LogP contribution in [0.3, 0.4) is 0 Å². The lowest BCUT2D eigenvalue weighted by molar-refractivity contribution is 0.0524. The fraction of sp³-hybridized carbons (Fsp3) is 0.364. The van der Waals surface area contributed by atoms with Gasteiger partial charge < -0.3 is 14.4 Å². The van der Waals surface area contributed by atoms with E-state index < -0.39 is 28.7 Å². The highest BCUT2D eigenvalue weighted by atomic mass is 32.2. The van der Waals surface area contributed by atoms with E-state index in [0.717, 1.165) is 18.4 Å². The van der Waals surface area contributed by atoms with Crippen molar-refractivity contribution in [3.8, 4) is 0 Å². The van der Waals surface area contributed by atoms with Crippen molar-refractivity contribution in [3.63, 3.8) is 0 Å². The minimum atomic E-state index is -3.26. The predicted octanol–water partition coefficient (Wildman–Crippen LogP) is -0.755. The zero-order chi connectivity index (χ0) is 14.9. The average Bonchev–Trinajstić information content (AvgIpc) is 2.67. The number of benzene rings is 1. The van der Waals surface area contributed by atoms with Crippen molar-refractivity contribution in [1.29, 1.82) is 0 Å². The predicted molar refractivity (Wildman–Crippen MR) is 68.8 cm³/mol. The highest BCUT2D eigenvalue weighted by Gasteiger charge is 2.30. The van der Waals surface area contributed by atoms with Gasteiger partial charge in [0.25, 0.3) is 0 Å². The van der Waals surface area contributed by atoms with E-state index in [1.807, 2.05) is 0 Å². The Labute approximate surface area is 115 Å². The van der Waals surface area contributed by atoms with Gasteiger partial charge in [-0.2, -0.15) is 0 Å². The lowest BCUT2D eigenvalue weighted by atomic mass is 9.78. The van der Waals surface area contributed by atoms with E-state index in [2.05, 4.69) is 0 Å². The third-order valence-corrected chi connectivity index (χ3v) is 3.71. The minimum absolute atomic E-state index is 0.0663. The summed E-state index contributed by atoms with van der Waals surface area (Å²) in [6.45, 7) is -0.288. The van der Waals surface area contributed by atoms with Gasteiger partial charge >= 0.3 is 13.1 Å². The summed E-state index contributed by atoms with van der Waals surface area (Å²) < 4.78 is 45.1. The fourth-order valence-corrected chi connectivity index (χ4v) is 2.15. The second kappa shape index (κ2) is 5.51. The van der Waals surface area contributed by atoms with Crippen molar-refractivity contribution in [2.24, 2.45) is 0 Å². The molecule has 0 saturated heterocycles. The van der Waals surface area contributed by atoms with Crippen molar-refractivity contribution in [3.05, 3.63) is 29.1 Å². The maximum atomic E-state index is 13.7. The van der Waals surface area contributed by atoms with Gasteiger partial charge in [-0.3, -0.25) is 0 Å². The van der Waals surface area contributed by atoms with Crippen LogP contribution in [0.15, 0.2) is 12.1 Å². The molecule has 0 saturated carbocycles. The van der Waals surface area contributed by atoms with E-state index in [0.29, 0.717) is 11.0 Å². The first-order valence-corrected chi connectivity index (χ1v) is 7.81. The van der Waals surface area contributed by atoms with Gasteiger partial charge in [0.05, 0.1) is 17.9 Å². The summed E-state index contributed by atoms with van der Waals surface area (Å²) in [5.74, 6) is -2.12. The molecule has 0 fully saturated rings. The van der Waals surface area contributed by atoms with E-state index in [-0.39, 0.29) is 24.5 Å². The van der Waals surface area contributed by atoms with E-state index in [1.165, 1.54) is 0 Å². The zero-order valence-electron chi connectivity index (χ0n) is 10.6. The Morgan fingerprint density at radius 3 is 2.90 bits per heavy atom. The summed E-state index contributed by atoms with van der Waals surface area (Å²) in [7, 11) is -4.46. The number of halogens is 1. The molecule has 2 rings (SSSR count). The summed E-state index contributed by atoms with van der Waals surface area (Å²) in [6.07, 6.45) is 1.00. The third kappa shape index (κ3) is 3.35. The fourth-order valence-electron chi connectivity index (χ4n) is 1.76. The van der Waals surface area contributed by atoms with E-state index >= 15 is 0 Å². The minimum Gasteiger partial charge on any atom is -0.461 e. The summed E-state index contributed by atoms with van der Waals surface area (Å²) in [5.41, 5.74) is 0.408. The van der Waals surface area contributed by atoms with Gasteiger partial charge in [-0.05, 0) is 23.2 Å². The first-order chi connectivity index (χ1) is 9.28. The number of sulfone groups is 1. The molecule has 1 aromatic rings. The summed E-state index contributed by atoms with van der Waals surface area (Å²) in [5, 5.41) is 9.49. The van der Waals surface area contributed by atoms with E-state index in [9.17, 15) is 22.6 Å². The van der Waals surface area contributed by atoms with Crippen LogP contribution in [-0.4, -0.2) is 45.1 Å². The number of rotatable bonds is 4. The highest BCUT2D eigenvalue weighted by Crippen LogP contribution is 2.16. The first kappa shape index (κ1) is 15.0. The molecule has 20 heavy (non-hydrogen) atoms. The van der Waals surface area contributed by atoms with Gasteiger partial charge in [-0.15, -0.1) is 0 Å². The molecule has 6 nitrogen and oxygen atoms in total. The average molecular weight is 302 g/mol. The molecule has 0 amide bonds. The maximum Gasteiger partial charge on any atom is 0.491 e. The summed E-state index contributed by atoms with van der Waals surface area (Å²) in [6, 6.07) is 2.25. The van der Waals surface area contributed by atoms with Crippen molar-refractivity contribution >= 4 is 28.4 Å². The zero-order valence-corrected chi connectivity index (χ0v) is 11.4. The molecule has 1 aromatic carbocycles. The lowest BCUT2D eigenvalue weighted by Gasteiger charge is -2.07. The number of ether oxygens (including phenoxy) is 1. The Hall–Kier alpha value is -1.45. The molecular weight excluding hydrogens is 290 g/mol. The third-order valence-electron chi connectivity index (χ3n) is 2.80. The van der Waals surface area contributed by atoms with Crippen LogP contribution in [0, 0.1) is 5.82 Å². The van der Waals surface area contributed by atoms with Crippen LogP contribution >= 0.6 is 0 Å². The summed E-state index contributed by atoms with van der Waals surface area (Å²) in [4.78, 5) is 11.7. The molecule has 1 heterocycles. The molecule has 1 aliphatic rings. The standard InChI is InChI=1S/C11H12BFO6S/c1-20(16,17)3-2-18-11(14)8-5-9-7(4-10(8)13)6-19-12(9)15/h4-5,15H,2-3,6H2,1H3. The molecule has 108 valence electrons. The molecule has 0 aliphatic carbocycles. The molecule has 0 spiro atoms. The summed E-state index contributed by atoms with van der Waals surface area (Å²) >= 11 is 0. The van der Waals surface area contributed by atoms with Gasteiger partial charge in [-0.25, -0.2) is 17.6 Å². The van der Waals surface area contributed by atoms with Gasteiger partial charge in [0.15, 0.2) is 9.84 Å². The normalized spacial score (nSPS) is 14.2. The first-order valence-electron chi connectivity index (χ1n) is 5.75. The molecule has 0 atom stereocenters. The topological polar surface area (TPSA) is 89.9 Å². The number of fused-ring (bicyclic) bond motifs is 1. The lowest BCUT2D eigenvalue weighted by Crippen LogP contribution is -2.29. The molecule has 9 heteroatoms. The van der Waals surface area contributed by atoms with Gasteiger partial charge in [0.2, 0.25) is 0 Å². The van der Waals surface area contributed by atoms with Gasteiger partial charge in [-0.1, -0.05) is 0 Å². The van der Waals surface area contributed by atoms with Crippen LogP contribution in [0.1, 0.15) is 15.9 Å². The van der Waals surface area contributed by atoms with Gasteiger partial charge in [0.1, 0.15) is 12.4 Å². The molecule has 0 radical (unpaired) electrons. The molecule has 0 aromatic heterocycles. The number of hydrogen-bond donors (Lipinski definition) is 1. The van der Waals surface area contributed by atoms with Crippen LogP contribution < -0.4 is 5.46 Å². The second-order valence-corrected chi connectivity index (χ2v) is 6.72. The largest absolute Gasteiger partial charge is 0.491 e. The molecule has 0 bridgehead atoms. The Balaban J connectivity index is 2.13. The van der Waals surface area contributed by atoms with E-state index in [4.69, 9.17) is 9.39 Å². The molecule has 1 N–H and O–H groups in total. The Morgan fingerprint density at radius 2 is 2.25 bits per heavy atom. The number of hydrogen-bond acceptors (Lipinski definition) is 6. The van der Waals surface area contributed by atoms with Crippen molar-refractivity contribution in [2.75, 3.05) is 18.6 Å². The van der Waals surface area contributed by atoms with Crippen LogP contribution in [-0.2, 0) is 25.8 Å². The van der Waals surface area contributed by atoms with Crippen LogP contribution in [0.5, 0.6) is 0 Å². The highest BCUT2D eigenvalue weighted by molar-refractivity contribution is 7.90. The van der Waals surface area contributed by atoms with Gasteiger partial charge in [0, 0.05) is 6.26 Å². The Kier molecular flexibility index (Phi) is 4.12. The number of carbonyl (C=O) groups is 1. The number of carbonyl (C=O) groups excluding carboxylic acids is 1. The monoisotopic (exact) mass is 302 g/mol. The number of esters is 1. The van der Waals surface area contributed by atoms with Crippen LogP contribution in [0.2, 0.25) is 0 Å². The quantitative estimate of drug-likeness (QED) is 0.581. The Morgan fingerprint density at radius 1 is 1.55 bits per heavy atom. The van der Waals surface area contributed by atoms with Crippen molar-refractivity contribution < 1.29 is 32.0 Å². The molecule has 0 unspecified atom stereocenters. The van der Waals surface area contributed by atoms with Crippen LogP contribution in [0.4, 0.5) is 4.39 Å². The molecular formula is C11H12BFO6S. The van der Waals surface area contributed by atoms with Crippen molar-refractivity contribution in [2.45, 2.75) is 6.61 Å². The SMILES string of the molecule is CS(=O)(=O)CCOC(=O)c1cc2c(cc1F)COB2O. The maximum absolute atomic E-state index is 13.7. The molecule has 1 aliphatic heterocycles. The second-order valence-electron chi connectivity index (χ2n) is 4.46. The van der Waals surface area contributed by atoms with Crippen molar-refractivity contribution in [1.82, 2.24) is 0 Å². The van der Waals surface area contributed by atoms with Crippen LogP contribution in [0.25, 0.3) is 0 Å². The Bertz CT molecular complexity index is 645. The smallest absolute Gasteiger partial charge is 0.461 e.